The van der Waals surface area contributed by atoms with E-state index >= 15 is 0 Å². The number of carboxylic acid groups (broad SMARTS) is 2. The summed E-state index contributed by atoms with van der Waals surface area (Å²) in [6, 6.07) is 0. The fourth-order valence-electron chi connectivity index (χ4n) is 1.18. The third-order valence-corrected chi connectivity index (χ3v) is 2.90. The first kappa shape index (κ1) is 24.3. The van der Waals surface area contributed by atoms with Crippen LogP contribution >= 0.6 is 0 Å². The highest BCUT2D eigenvalue weighted by atomic mass is 16.5. The number of ether oxygens (including phenoxy) is 1. The van der Waals surface area contributed by atoms with Crippen LogP contribution in [0.5, 0.6) is 0 Å². The topological polar surface area (TPSA) is 162 Å². The van der Waals surface area contributed by atoms with Crippen LogP contribution in [0, 0.1) is 5.41 Å². The SMILES string of the molecule is C=C(C)C(=O)OCC(CO)(CO)CO.O=C(O)CCCCC(=O)O. The third kappa shape index (κ3) is 12.6. The maximum Gasteiger partial charge on any atom is 0.333 e. The van der Waals surface area contributed by atoms with E-state index in [4.69, 9.17) is 30.3 Å². The van der Waals surface area contributed by atoms with Crippen molar-refractivity contribution in [2.75, 3.05) is 26.4 Å². The molecule has 0 aromatic carbocycles. The minimum atomic E-state index is -1.18. The second kappa shape index (κ2) is 13.5. The van der Waals surface area contributed by atoms with E-state index in [9.17, 15) is 14.4 Å². The van der Waals surface area contributed by atoms with Gasteiger partial charge in [0.2, 0.25) is 0 Å². The molecule has 0 atom stereocenters. The van der Waals surface area contributed by atoms with Crippen molar-refractivity contribution in [1.82, 2.24) is 0 Å². The summed E-state index contributed by atoms with van der Waals surface area (Å²) < 4.78 is 4.72. The summed E-state index contributed by atoms with van der Waals surface area (Å²) in [5, 5.41) is 42.9. The van der Waals surface area contributed by atoms with Crippen molar-refractivity contribution in [2.24, 2.45) is 5.41 Å². The lowest BCUT2D eigenvalue weighted by Gasteiger charge is -2.26. The number of carboxylic acids is 2. The minimum absolute atomic E-state index is 0.0628. The Hall–Kier alpha value is -1.97. The van der Waals surface area contributed by atoms with Gasteiger partial charge in [-0.05, 0) is 19.8 Å². The van der Waals surface area contributed by atoms with E-state index in [0.717, 1.165) is 0 Å². The average Bonchev–Trinajstić information content (AvgIpc) is 2.53. The number of carbonyl (C=O) groups excluding carboxylic acids is 1. The van der Waals surface area contributed by atoms with Gasteiger partial charge >= 0.3 is 17.9 Å². The van der Waals surface area contributed by atoms with Crippen molar-refractivity contribution in [3.8, 4) is 0 Å². The molecule has 0 heterocycles. The molecule has 0 aliphatic rings. The van der Waals surface area contributed by atoms with Crippen molar-refractivity contribution in [1.29, 1.82) is 0 Å². The largest absolute Gasteiger partial charge is 0.481 e. The lowest BCUT2D eigenvalue weighted by molar-refractivity contribution is -0.146. The summed E-state index contributed by atoms with van der Waals surface area (Å²) in [5.74, 6) is -2.35. The minimum Gasteiger partial charge on any atom is -0.481 e. The first-order valence-electron chi connectivity index (χ1n) is 7.23. The number of aliphatic hydroxyl groups excluding tert-OH is 3. The van der Waals surface area contributed by atoms with Gasteiger partial charge in [-0.15, -0.1) is 0 Å². The number of carbonyl (C=O) groups is 3. The molecule has 0 aliphatic heterocycles. The van der Waals surface area contributed by atoms with Gasteiger partial charge in [0.15, 0.2) is 0 Å². The number of esters is 1. The Balaban J connectivity index is 0. The number of hydrogen-bond donors (Lipinski definition) is 5. The molecule has 0 saturated carbocycles. The zero-order valence-electron chi connectivity index (χ0n) is 13.7. The van der Waals surface area contributed by atoms with Gasteiger partial charge in [-0.1, -0.05) is 6.58 Å². The zero-order chi connectivity index (χ0) is 19.2. The molecule has 0 aromatic rings. The molecule has 0 fully saturated rings. The highest BCUT2D eigenvalue weighted by Crippen LogP contribution is 2.15. The van der Waals surface area contributed by atoms with E-state index in [-0.39, 0.29) is 25.0 Å². The third-order valence-electron chi connectivity index (χ3n) is 2.90. The number of unbranched alkanes of at least 4 members (excludes halogenated alkanes) is 1. The molecular formula is C15H26O9. The summed E-state index contributed by atoms with van der Waals surface area (Å²) in [4.78, 5) is 30.8. The standard InChI is InChI=1S/C9H16O5.C6H10O4/c1-7(2)8(13)14-6-9(3-10,4-11)5-12;7-5(8)3-1-2-4-6(9)10/h10-12H,1,3-6H2,2H3;1-4H2,(H,7,8)(H,9,10). The van der Waals surface area contributed by atoms with Crippen LogP contribution in [0.4, 0.5) is 0 Å². The Morgan fingerprint density at radius 2 is 1.29 bits per heavy atom. The summed E-state index contributed by atoms with van der Waals surface area (Å²) in [6.45, 7) is 3.26. The van der Waals surface area contributed by atoms with E-state index in [2.05, 4.69) is 6.58 Å². The molecule has 0 amide bonds. The Bertz CT molecular complexity index is 389. The molecule has 9 nitrogen and oxygen atoms in total. The average molecular weight is 350 g/mol. The first-order chi connectivity index (χ1) is 11.1. The van der Waals surface area contributed by atoms with Crippen molar-refractivity contribution in [3.05, 3.63) is 12.2 Å². The van der Waals surface area contributed by atoms with Crippen LogP contribution in [-0.2, 0) is 19.1 Å². The van der Waals surface area contributed by atoms with Crippen LogP contribution in [0.2, 0.25) is 0 Å². The molecule has 0 unspecified atom stereocenters. The van der Waals surface area contributed by atoms with Crippen LogP contribution < -0.4 is 0 Å². The van der Waals surface area contributed by atoms with Crippen molar-refractivity contribution in [2.45, 2.75) is 32.6 Å². The van der Waals surface area contributed by atoms with Gasteiger partial charge in [0.1, 0.15) is 6.61 Å². The van der Waals surface area contributed by atoms with Gasteiger partial charge in [-0.25, -0.2) is 4.79 Å². The number of rotatable bonds is 11. The molecule has 5 N–H and O–H groups in total. The fraction of sp³-hybridized carbons (Fsp3) is 0.667. The van der Waals surface area contributed by atoms with Crippen LogP contribution in [0.1, 0.15) is 32.6 Å². The van der Waals surface area contributed by atoms with Crippen LogP contribution in [-0.4, -0.2) is 69.9 Å². The Labute approximate surface area is 140 Å². The van der Waals surface area contributed by atoms with Crippen molar-refractivity contribution in [3.63, 3.8) is 0 Å². The van der Waals surface area contributed by atoms with Gasteiger partial charge < -0.3 is 30.3 Å². The summed E-state index contributed by atoms with van der Waals surface area (Å²) in [5.41, 5.74) is -0.946. The summed E-state index contributed by atoms with van der Waals surface area (Å²) in [6.07, 6.45) is 1.02. The maximum atomic E-state index is 11.0. The van der Waals surface area contributed by atoms with E-state index < -0.39 is 43.1 Å². The van der Waals surface area contributed by atoms with Crippen molar-refractivity contribution < 1.29 is 44.7 Å². The van der Waals surface area contributed by atoms with Crippen LogP contribution in [0.25, 0.3) is 0 Å². The van der Waals surface area contributed by atoms with Gasteiger partial charge in [-0.3, -0.25) is 9.59 Å². The molecule has 0 bridgehead atoms. The lowest BCUT2D eigenvalue weighted by atomic mass is 9.93. The highest BCUT2D eigenvalue weighted by molar-refractivity contribution is 5.86. The van der Waals surface area contributed by atoms with Crippen molar-refractivity contribution >= 4 is 17.9 Å². The number of aliphatic hydroxyl groups is 3. The predicted molar refractivity (Wildman–Crippen MR) is 83.2 cm³/mol. The highest BCUT2D eigenvalue weighted by Gasteiger charge is 2.30. The molecular weight excluding hydrogens is 324 g/mol. The molecule has 9 heteroatoms. The van der Waals surface area contributed by atoms with E-state index in [1.54, 1.807) is 0 Å². The Morgan fingerprint density at radius 3 is 1.54 bits per heavy atom. The quantitative estimate of drug-likeness (QED) is 0.193. The van der Waals surface area contributed by atoms with Crippen LogP contribution in [0.15, 0.2) is 12.2 Å². The second-order valence-corrected chi connectivity index (χ2v) is 5.33. The van der Waals surface area contributed by atoms with E-state index in [0.29, 0.717) is 12.8 Å². The number of hydrogen-bond acceptors (Lipinski definition) is 7. The molecule has 0 radical (unpaired) electrons. The summed E-state index contributed by atoms with van der Waals surface area (Å²) in [7, 11) is 0. The molecule has 0 aliphatic carbocycles. The molecule has 24 heavy (non-hydrogen) atoms. The molecule has 0 spiro atoms. The smallest absolute Gasteiger partial charge is 0.333 e. The molecule has 0 saturated heterocycles. The predicted octanol–water partition coefficient (Wildman–Crippen LogP) is -0.215. The zero-order valence-corrected chi connectivity index (χ0v) is 13.7. The first-order valence-corrected chi connectivity index (χ1v) is 7.23. The molecule has 140 valence electrons. The molecule has 0 rings (SSSR count). The summed E-state index contributed by atoms with van der Waals surface area (Å²) >= 11 is 0. The van der Waals surface area contributed by atoms with E-state index in [1.165, 1.54) is 6.92 Å². The maximum absolute atomic E-state index is 11.0. The Kier molecular flexibility index (Phi) is 13.6. The van der Waals surface area contributed by atoms with E-state index in [1.807, 2.05) is 0 Å². The monoisotopic (exact) mass is 350 g/mol. The lowest BCUT2D eigenvalue weighted by Crippen LogP contribution is -2.39. The van der Waals surface area contributed by atoms with Gasteiger partial charge in [0.05, 0.1) is 25.2 Å². The fourth-order valence-corrected chi connectivity index (χ4v) is 1.18. The second-order valence-electron chi connectivity index (χ2n) is 5.33. The number of aliphatic carboxylic acids is 2. The van der Waals surface area contributed by atoms with Gasteiger partial charge in [0, 0.05) is 18.4 Å². The van der Waals surface area contributed by atoms with Gasteiger partial charge in [-0.2, -0.15) is 0 Å². The Morgan fingerprint density at radius 1 is 0.917 bits per heavy atom. The van der Waals surface area contributed by atoms with Crippen LogP contribution in [0.3, 0.4) is 0 Å². The van der Waals surface area contributed by atoms with Gasteiger partial charge in [0.25, 0.3) is 0 Å². The molecule has 0 aromatic heterocycles. The normalized spacial score (nSPS) is 10.3.